The van der Waals surface area contributed by atoms with Crippen LogP contribution in [0.25, 0.3) is 0 Å². The van der Waals surface area contributed by atoms with Gasteiger partial charge in [0.1, 0.15) is 12.9 Å². The average molecular weight is 292 g/mol. The van der Waals surface area contributed by atoms with Gasteiger partial charge in [-0.15, -0.1) is 15.3 Å². The summed E-state index contributed by atoms with van der Waals surface area (Å²) in [6.07, 6.45) is 2.32. The Hall–Kier alpha value is -2.25. The van der Waals surface area contributed by atoms with Gasteiger partial charge in [0.25, 0.3) is 0 Å². The van der Waals surface area contributed by atoms with Crippen molar-refractivity contribution in [2.45, 2.75) is 33.7 Å². The number of aryl methyl sites for hydroxylation is 1. The number of hydrogen-bond donors (Lipinski definition) is 0. The second-order valence-corrected chi connectivity index (χ2v) is 5.22. The number of nitrogens with zero attached hydrogens (tertiary/aromatic N) is 6. The molecule has 8 heteroatoms. The van der Waals surface area contributed by atoms with Crippen molar-refractivity contribution >= 4 is 5.97 Å². The van der Waals surface area contributed by atoms with E-state index in [0.717, 1.165) is 11.5 Å². The number of carbonyl (C=O) groups is 1. The second-order valence-electron chi connectivity index (χ2n) is 5.22. The molecule has 0 radical (unpaired) electrons. The SMILES string of the molecule is CCOC(=O)c1nnn(Cc2nncn2C)c1CC(C)C. The summed E-state index contributed by atoms with van der Waals surface area (Å²) < 4.78 is 8.54. The molecule has 0 saturated heterocycles. The minimum atomic E-state index is -0.433. The molecule has 0 N–H and O–H groups in total. The Labute approximate surface area is 123 Å². The number of ether oxygens (including phenoxy) is 1. The van der Waals surface area contributed by atoms with Crippen molar-refractivity contribution < 1.29 is 9.53 Å². The summed E-state index contributed by atoms with van der Waals surface area (Å²) in [6, 6.07) is 0. The predicted molar refractivity (Wildman–Crippen MR) is 74.6 cm³/mol. The quantitative estimate of drug-likeness (QED) is 0.733. The molecule has 0 aliphatic rings. The zero-order valence-electron chi connectivity index (χ0n) is 12.8. The van der Waals surface area contributed by atoms with Crippen molar-refractivity contribution in [3.8, 4) is 0 Å². The van der Waals surface area contributed by atoms with Gasteiger partial charge in [0, 0.05) is 7.05 Å². The van der Waals surface area contributed by atoms with Crippen LogP contribution in [0.2, 0.25) is 0 Å². The highest BCUT2D eigenvalue weighted by Gasteiger charge is 2.22. The van der Waals surface area contributed by atoms with Crippen molar-refractivity contribution in [2.24, 2.45) is 13.0 Å². The molecule has 0 unspecified atom stereocenters. The molecule has 2 aromatic rings. The van der Waals surface area contributed by atoms with Gasteiger partial charge in [-0.3, -0.25) is 0 Å². The van der Waals surface area contributed by atoms with Crippen molar-refractivity contribution in [1.82, 2.24) is 29.8 Å². The Morgan fingerprint density at radius 1 is 1.38 bits per heavy atom. The average Bonchev–Trinajstić information content (AvgIpc) is 2.98. The van der Waals surface area contributed by atoms with Crippen molar-refractivity contribution in [1.29, 1.82) is 0 Å². The lowest BCUT2D eigenvalue weighted by molar-refractivity contribution is 0.0517. The van der Waals surface area contributed by atoms with E-state index in [-0.39, 0.29) is 5.69 Å². The Kier molecular flexibility index (Phi) is 4.66. The molecule has 0 spiro atoms. The fourth-order valence-electron chi connectivity index (χ4n) is 1.99. The van der Waals surface area contributed by atoms with Crippen LogP contribution in [0.5, 0.6) is 0 Å². The molecular formula is C13H20N6O2. The lowest BCUT2D eigenvalue weighted by atomic mass is 10.1. The van der Waals surface area contributed by atoms with Crippen LogP contribution in [0, 0.1) is 5.92 Å². The van der Waals surface area contributed by atoms with E-state index in [1.807, 2.05) is 11.6 Å². The van der Waals surface area contributed by atoms with Gasteiger partial charge in [0.05, 0.1) is 12.3 Å². The summed E-state index contributed by atoms with van der Waals surface area (Å²) in [6.45, 7) is 6.66. The molecule has 114 valence electrons. The molecular weight excluding hydrogens is 272 g/mol. The monoisotopic (exact) mass is 292 g/mol. The van der Waals surface area contributed by atoms with Crippen LogP contribution in [-0.4, -0.2) is 42.3 Å². The second kappa shape index (κ2) is 6.47. The number of hydrogen-bond acceptors (Lipinski definition) is 6. The maximum absolute atomic E-state index is 12.0. The molecule has 0 aromatic carbocycles. The topological polar surface area (TPSA) is 87.7 Å². The van der Waals surface area contributed by atoms with E-state index in [1.165, 1.54) is 0 Å². The molecule has 2 rings (SSSR count). The summed E-state index contributed by atoms with van der Waals surface area (Å²) >= 11 is 0. The van der Waals surface area contributed by atoms with Crippen LogP contribution in [0.3, 0.4) is 0 Å². The summed E-state index contributed by atoms with van der Waals surface area (Å²) in [4.78, 5) is 12.0. The smallest absolute Gasteiger partial charge is 0.360 e. The molecule has 0 amide bonds. The summed E-state index contributed by atoms with van der Waals surface area (Å²) in [7, 11) is 1.86. The minimum absolute atomic E-state index is 0.285. The highest BCUT2D eigenvalue weighted by molar-refractivity contribution is 5.88. The first-order valence-corrected chi connectivity index (χ1v) is 6.95. The van der Waals surface area contributed by atoms with E-state index in [2.05, 4.69) is 34.4 Å². The maximum atomic E-state index is 12.0. The minimum Gasteiger partial charge on any atom is -0.461 e. The van der Waals surface area contributed by atoms with Gasteiger partial charge in [-0.1, -0.05) is 19.1 Å². The zero-order chi connectivity index (χ0) is 15.4. The molecule has 21 heavy (non-hydrogen) atoms. The molecule has 0 atom stereocenters. The van der Waals surface area contributed by atoms with Crippen LogP contribution >= 0.6 is 0 Å². The van der Waals surface area contributed by atoms with Gasteiger partial charge in [-0.2, -0.15) is 0 Å². The summed E-state index contributed by atoms with van der Waals surface area (Å²) in [5.74, 6) is 0.688. The molecule has 8 nitrogen and oxygen atoms in total. The fourth-order valence-corrected chi connectivity index (χ4v) is 1.99. The predicted octanol–water partition coefficient (Wildman–Crippen LogP) is 0.830. The number of carbonyl (C=O) groups excluding carboxylic acids is 1. The zero-order valence-corrected chi connectivity index (χ0v) is 12.8. The largest absolute Gasteiger partial charge is 0.461 e. The molecule has 0 saturated carbocycles. The highest BCUT2D eigenvalue weighted by atomic mass is 16.5. The number of aromatic nitrogens is 6. The number of esters is 1. The molecule has 0 bridgehead atoms. The van der Waals surface area contributed by atoms with Gasteiger partial charge in [-0.25, -0.2) is 9.48 Å². The van der Waals surface area contributed by atoms with E-state index in [0.29, 0.717) is 25.5 Å². The molecule has 0 aliphatic carbocycles. The van der Waals surface area contributed by atoms with E-state index >= 15 is 0 Å². The van der Waals surface area contributed by atoms with Crippen LogP contribution < -0.4 is 0 Å². The normalized spacial score (nSPS) is 11.1. The van der Waals surface area contributed by atoms with Crippen LogP contribution in [0.15, 0.2) is 6.33 Å². The molecule has 0 fully saturated rings. The third kappa shape index (κ3) is 3.45. The lowest BCUT2D eigenvalue weighted by Gasteiger charge is -2.09. The first kappa shape index (κ1) is 15.1. The first-order chi connectivity index (χ1) is 10.0. The molecule has 2 heterocycles. The third-order valence-corrected chi connectivity index (χ3v) is 3.00. The van der Waals surface area contributed by atoms with Crippen LogP contribution in [-0.2, 0) is 24.8 Å². The lowest BCUT2D eigenvalue weighted by Crippen LogP contribution is -2.15. The van der Waals surface area contributed by atoms with E-state index in [1.54, 1.807) is 17.9 Å². The highest BCUT2D eigenvalue weighted by Crippen LogP contribution is 2.14. The third-order valence-electron chi connectivity index (χ3n) is 3.00. The van der Waals surface area contributed by atoms with Gasteiger partial charge in [0.15, 0.2) is 11.5 Å². The summed E-state index contributed by atoms with van der Waals surface area (Å²) in [5.41, 5.74) is 1.05. The van der Waals surface area contributed by atoms with Gasteiger partial charge in [0.2, 0.25) is 0 Å². The standard InChI is InChI=1S/C13H20N6O2/c1-5-21-13(20)12-10(6-9(2)3)19(17-16-12)7-11-15-14-8-18(11)4/h8-9H,5-7H2,1-4H3. The first-order valence-electron chi connectivity index (χ1n) is 6.95. The summed E-state index contributed by atoms with van der Waals surface area (Å²) in [5, 5.41) is 15.9. The molecule has 0 aliphatic heterocycles. The maximum Gasteiger partial charge on any atom is 0.360 e. The van der Waals surface area contributed by atoms with Crippen LogP contribution in [0.4, 0.5) is 0 Å². The Morgan fingerprint density at radius 2 is 2.14 bits per heavy atom. The van der Waals surface area contributed by atoms with Crippen molar-refractivity contribution in [3.05, 3.63) is 23.5 Å². The molecule has 2 aromatic heterocycles. The van der Waals surface area contributed by atoms with Crippen LogP contribution in [0.1, 0.15) is 42.8 Å². The van der Waals surface area contributed by atoms with Crippen molar-refractivity contribution in [2.75, 3.05) is 6.61 Å². The Balaban J connectivity index is 2.32. The van der Waals surface area contributed by atoms with Gasteiger partial charge >= 0.3 is 5.97 Å². The Bertz CT molecular complexity index is 616. The van der Waals surface area contributed by atoms with E-state index in [4.69, 9.17) is 4.74 Å². The van der Waals surface area contributed by atoms with E-state index in [9.17, 15) is 4.79 Å². The van der Waals surface area contributed by atoms with Gasteiger partial charge in [-0.05, 0) is 19.3 Å². The van der Waals surface area contributed by atoms with Gasteiger partial charge < -0.3 is 9.30 Å². The number of rotatable bonds is 6. The fraction of sp³-hybridized carbons (Fsp3) is 0.615. The van der Waals surface area contributed by atoms with E-state index < -0.39 is 5.97 Å². The van der Waals surface area contributed by atoms with Crippen molar-refractivity contribution in [3.63, 3.8) is 0 Å². The Morgan fingerprint density at radius 3 is 2.71 bits per heavy atom.